The first-order valence-corrected chi connectivity index (χ1v) is 12.2. The topological polar surface area (TPSA) is 94.5 Å². The molecule has 0 radical (unpaired) electrons. The molecule has 0 amide bonds. The lowest BCUT2D eigenvalue weighted by molar-refractivity contribution is -0.140. The maximum atomic E-state index is 14.1. The second-order valence-corrected chi connectivity index (χ2v) is 9.80. The molecule has 3 aliphatic rings. The number of sulfonamides is 1. The van der Waals surface area contributed by atoms with E-state index in [4.69, 9.17) is 14.2 Å². The van der Waals surface area contributed by atoms with Gasteiger partial charge in [-0.05, 0) is 35.7 Å². The number of benzene rings is 1. The smallest absolute Gasteiger partial charge is 0.342 e. The maximum absolute atomic E-state index is 14.1. The average Bonchev–Trinajstić information content (AvgIpc) is 3.31. The SMILES string of the molecule is O=C(OCc1cc(F)cc2c1O[C@H](c1ccsc1)OC2)C1=CC=CN2CCS(=O)(=O)N=C12. The third-order valence-corrected chi connectivity index (χ3v) is 6.93. The Hall–Kier alpha value is -3.02. The van der Waals surface area contributed by atoms with Crippen molar-refractivity contribution in [3.8, 4) is 5.75 Å². The molecule has 1 atom stereocenters. The fourth-order valence-corrected chi connectivity index (χ4v) is 5.20. The summed E-state index contributed by atoms with van der Waals surface area (Å²) in [5.41, 5.74) is 1.71. The van der Waals surface area contributed by atoms with Gasteiger partial charge in [-0.25, -0.2) is 17.6 Å². The number of rotatable bonds is 4. The summed E-state index contributed by atoms with van der Waals surface area (Å²) in [4.78, 5) is 14.3. The van der Waals surface area contributed by atoms with Gasteiger partial charge in [-0.1, -0.05) is 0 Å². The van der Waals surface area contributed by atoms with Crippen LogP contribution in [0.25, 0.3) is 0 Å². The van der Waals surface area contributed by atoms with Crippen LogP contribution in [0.1, 0.15) is 23.0 Å². The number of carbonyl (C=O) groups excluding carboxylic acids is 1. The summed E-state index contributed by atoms with van der Waals surface area (Å²) < 4.78 is 58.7. The van der Waals surface area contributed by atoms with Crippen LogP contribution in [0.5, 0.6) is 5.75 Å². The van der Waals surface area contributed by atoms with Crippen molar-refractivity contribution in [1.82, 2.24) is 4.90 Å². The minimum atomic E-state index is -3.65. The normalized spacial score (nSPS) is 21.0. The van der Waals surface area contributed by atoms with Gasteiger partial charge < -0.3 is 19.1 Å². The van der Waals surface area contributed by atoms with E-state index in [-0.39, 0.29) is 36.9 Å². The highest BCUT2D eigenvalue weighted by atomic mass is 32.2. The van der Waals surface area contributed by atoms with Crippen LogP contribution in [0.4, 0.5) is 4.39 Å². The van der Waals surface area contributed by atoms with Crippen molar-refractivity contribution in [2.75, 3.05) is 12.3 Å². The quantitative estimate of drug-likeness (QED) is 0.626. The molecule has 0 aliphatic carbocycles. The van der Waals surface area contributed by atoms with Crippen molar-refractivity contribution in [1.29, 1.82) is 0 Å². The molecule has 1 aromatic heterocycles. The first-order valence-electron chi connectivity index (χ1n) is 9.66. The molecule has 2 aromatic rings. The minimum Gasteiger partial charge on any atom is -0.460 e. The van der Waals surface area contributed by atoms with E-state index in [1.807, 2.05) is 16.8 Å². The molecular weight excluding hydrogens is 459 g/mol. The highest BCUT2D eigenvalue weighted by Crippen LogP contribution is 2.37. The van der Waals surface area contributed by atoms with Gasteiger partial charge >= 0.3 is 5.97 Å². The third-order valence-electron chi connectivity index (χ3n) is 5.07. The van der Waals surface area contributed by atoms with Crippen LogP contribution < -0.4 is 4.74 Å². The van der Waals surface area contributed by atoms with Gasteiger partial charge in [0.2, 0.25) is 6.29 Å². The average molecular weight is 477 g/mol. The maximum Gasteiger partial charge on any atom is 0.342 e. The van der Waals surface area contributed by atoms with Crippen molar-refractivity contribution in [3.05, 3.63) is 75.4 Å². The number of halogens is 1. The Morgan fingerprint density at radius 1 is 1.38 bits per heavy atom. The van der Waals surface area contributed by atoms with E-state index in [9.17, 15) is 17.6 Å². The lowest BCUT2D eigenvalue weighted by atomic mass is 10.1. The van der Waals surface area contributed by atoms with Gasteiger partial charge in [-0.15, -0.1) is 4.40 Å². The highest BCUT2D eigenvalue weighted by molar-refractivity contribution is 7.90. The molecule has 8 nitrogen and oxygen atoms in total. The zero-order valence-corrected chi connectivity index (χ0v) is 18.2. The number of amidine groups is 1. The Bertz CT molecular complexity index is 1270. The van der Waals surface area contributed by atoms with Crippen molar-refractivity contribution in [3.63, 3.8) is 0 Å². The summed E-state index contributed by atoms with van der Waals surface area (Å²) in [5, 5.41) is 3.79. The van der Waals surface area contributed by atoms with Gasteiger partial charge in [0, 0.05) is 34.8 Å². The zero-order valence-electron chi connectivity index (χ0n) is 16.6. The van der Waals surface area contributed by atoms with E-state index in [0.717, 1.165) is 5.56 Å². The molecule has 4 heterocycles. The van der Waals surface area contributed by atoms with Crippen molar-refractivity contribution < 1.29 is 31.8 Å². The third kappa shape index (κ3) is 4.06. The number of carbonyl (C=O) groups is 1. The Morgan fingerprint density at radius 3 is 3.06 bits per heavy atom. The van der Waals surface area contributed by atoms with Crippen LogP contribution in [-0.2, 0) is 37.5 Å². The van der Waals surface area contributed by atoms with Gasteiger partial charge in [-0.3, -0.25) is 0 Å². The summed E-state index contributed by atoms with van der Waals surface area (Å²) in [6, 6.07) is 4.43. The Balaban J connectivity index is 1.37. The fourth-order valence-electron chi connectivity index (χ4n) is 3.55. The molecule has 0 spiro atoms. The first-order chi connectivity index (χ1) is 15.4. The first kappa shape index (κ1) is 20.9. The van der Waals surface area contributed by atoms with Crippen LogP contribution in [0.15, 0.2) is 57.3 Å². The molecule has 0 unspecified atom stereocenters. The van der Waals surface area contributed by atoms with Crippen LogP contribution in [0.2, 0.25) is 0 Å². The Kier molecular flexibility index (Phi) is 5.31. The number of fused-ring (bicyclic) bond motifs is 2. The Labute approximate surface area is 187 Å². The van der Waals surface area contributed by atoms with Gasteiger partial charge in [0.05, 0.1) is 12.4 Å². The number of thiophene rings is 1. The monoisotopic (exact) mass is 476 g/mol. The van der Waals surface area contributed by atoms with Crippen LogP contribution in [-0.4, -0.2) is 37.4 Å². The minimum absolute atomic E-state index is 0.0152. The lowest BCUT2D eigenvalue weighted by Crippen LogP contribution is -2.40. The van der Waals surface area contributed by atoms with Crippen LogP contribution >= 0.6 is 11.3 Å². The molecule has 0 saturated heterocycles. The summed E-state index contributed by atoms with van der Waals surface area (Å²) in [6.45, 7) is 0.0714. The number of esters is 1. The van der Waals surface area contributed by atoms with Crippen LogP contribution in [0.3, 0.4) is 0 Å². The zero-order chi connectivity index (χ0) is 22.3. The molecule has 0 saturated carbocycles. The molecular formula is C21H17FN2O6S2. The second kappa shape index (κ2) is 8.15. The van der Waals surface area contributed by atoms with Crippen molar-refractivity contribution >= 4 is 33.2 Å². The van der Waals surface area contributed by atoms with E-state index in [0.29, 0.717) is 16.9 Å². The van der Waals surface area contributed by atoms with Crippen molar-refractivity contribution in [2.24, 2.45) is 4.40 Å². The molecule has 5 rings (SSSR count). The van der Waals surface area contributed by atoms with E-state index >= 15 is 0 Å². The molecule has 0 bridgehead atoms. The van der Waals surface area contributed by atoms with E-state index in [1.165, 1.54) is 29.5 Å². The summed E-state index contributed by atoms with van der Waals surface area (Å²) in [5.74, 6) is -0.992. The number of nitrogens with zero attached hydrogens (tertiary/aromatic N) is 2. The fraction of sp³-hybridized carbons (Fsp3) is 0.238. The van der Waals surface area contributed by atoms with E-state index < -0.39 is 28.1 Å². The van der Waals surface area contributed by atoms with Gasteiger partial charge in [0.25, 0.3) is 10.0 Å². The summed E-state index contributed by atoms with van der Waals surface area (Å²) >= 11 is 1.50. The molecule has 11 heteroatoms. The number of ether oxygens (including phenoxy) is 3. The highest BCUT2D eigenvalue weighted by Gasteiger charge is 2.31. The predicted molar refractivity (Wildman–Crippen MR) is 114 cm³/mol. The molecule has 0 N–H and O–H groups in total. The second-order valence-electron chi connectivity index (χ2n) is 7.26. The largest absolute Gasteiger partial charge is 0.460 e. The molecule has 166 valence electrons. The molecule has 1 aromatic carbocycles. The summed E-state index contributed by atoms with van der Waals surface area (Å²) in [6.07, 6.45) is 4.06. The van der Waals surface area contributed by atoms with E-state index in [1.54, 1.807) is 17.2 Å². The Morgan fingerprint density at radius 2 is 2.25 bits per heavy atom. The molecule has 0 fully saturated rings. The lowest BCUT2D eigenvalue weighted by Gasteiger charge is -2.29. The molecule has 32 heavy (non-hydrogen) atoms. The number of allylic oxidation sites excluding steroid dienone is 2. The van der Waals surface area contributed by atoms with Gasteiger partial charge in [0.15, 0.2) is 5.84 Å². The predicted octanol–water partition coefficient (Wildman–Crippen LogP) is 3.04. The summed E-state index contributed by atoms with van der Waals surface area (Å²) in [7, 11) is -3.65. The van der Waals surface area contributed by atoms with Gasteiger partial charge in [-0.2, -0.15) is 11.3 Å². The number of hydrogen-bond donors (Lipinski definition) is 0. The van der Waals surface area contributed by atoms with E-state index in [2.05, 4.69) is 4.40 Å². The van der Waals surface area contributed by atoms with Crippen LogP contribution in [0, 0.1) is 5.82 Å². The van der Waals surface area contributed by atoms with Gasteiger partial charge in [0.1, 0.15) is 23.7 Å². The standard InChI is InChI=1S/C21H17FN2O6S2/c22-16-8-14(18-15(9-16)11-29-21(30-18)13-3-6-31-12-13)10-28-20(25)17-2-1-4-24-5-7-32(26,27)23-19(17)24/h1-4,6,8-9,12,21H,5,7,10-11H2/t21-/m1/s1. The van der Waals surface area contributed by atoms with Crippen molar-refractivity contribution in [2.45, 2.75) is 19.5 Å². The number of hydrogen-bond acceptors (Lipinski definition) is 8. The molecule has 3 aliphatic heterocycles.